The van der Waals surface area contributed by atoms with E-state index in [0.29, 0.717) is 11.1 Å². The van der Waals surface area contributed by atoms with Gasteiger partial charge in [-0.25, -0.2) is 0 Å². The highest BCUT2D eigenvalue weighted by atomic mass is 16.1. The van der Waals surface area contributed by atoms with Gasteiger partial charge in [0.15, 0.2) is 5.78 Å². The Balaban J connectivity index is 3.28. The van der Waals surface area contributed by atoms with E-state index in [1.54, 1.807) is 18.2 Å². The minimum absolute atomic E-state index is 0.00426. The molecule has 0 unspecified atom stereocenters. The van der Waals surface area contributed by atoms with E-state index >= 15 is 0 Å². The van der Waals surface area contributed by atoms with Crippen LogP contribution in [0.5, 0.6) is 0 Å². The number of rotatable bonds is 1. The maximum absolute atomic E-state index is 11.0. The summed E-state index contributed by atoms with van der Waals surface area (Å²) in [4.78, 5) is 11.0. The van der Waals surface area contributed by atoms with Gasteiger partial charge in [0.2, 0.25) is 0 Å². The standard InChI is InChI=1S/C10H9NO/c1-7-3-4-9(6-11)5-10(7)8(2)12/h3-5H,1-2H3. The molecular weight excluding hydrogens is 150 g/mol. The van der Waals surface area contributed by atoms with Gasteiger partial charge in [-0.2, -0.15) is 5.26 Å². The Morgan fingerprint density at radius 2 is 2.17 bits per heavy atom. The molecule has 0 aliphatic carbocycles. The largest absolute Gasteiger partial charge is 0.295 e. The molecule has 0 atom stereocenters. The summed E-state index contributed by atoms with van der Waals surface area (Å²) in [5, 5.41) is 8.57. The third-order valence-electron chi connectivity index (χ3n) is 1.75. The molecule has 1 aromatic carbocycles. The predicted molar refractivity (Wildman–Crippen MR) is 45.9 cm³/mol. The molecule has 0 bridgehead atoms. The molecule has 0 N–H and O–H groups in total. The molecule has 0 amide bonds. The van der Waals surface area contributed by atoms with Crippen molar-refractivity contribution in [1.29, 1.82) is 5.26 Å². The van der Waals surface area contributed by atoms with Crippen LogP contribution in [0.4, 0.5) is 0 Å². The van der Waals surface area contributed by atoms with E-state index in [9.17, 15) is 4.79 Å². The molecule has 60 valence electrons. The second kappa shape index (κ2) is 3.19. The van der Waals surface area contributed by atoms with Crippen LogP contribution in [0.3, 0.4) is 0 Å². The summed E-state index contributed by atoms with van der Waals surface area (Å²) in [6.07, 6.45) is 0. The molecule has 0 heterocycles. The summed E-state index contributed by atoms with van der Waals surface area (Å²) >= 11 is 0. The highest BCUT2D eigenvalue weighted by molar-refractivity contribution is 5.95. The van der Waals surface area contributed by atoms with Crippen molar-refractivity contribution < 1.29 is 4.79 Å². The fourth-order valence-electron chi connectivity index (χ4n) is 1.07. The van der Waals surface area contributed by atoms with Gasteiger partial charge in [0.1, 0.15) is 0 Å². The monoisotopic (exact) mass is 159 g/mol. The van der Waals surface area contributed by atoms with Crippen LogP contribution in [-0.2, 0) is 0 Å². The lowest BCUT2D eigenvalue weighted by Crippen LogP contribution is -1.96. The first-order chi connectivity index (χ1) is 5.65. The van der Waals surface area contributed by atoms with E-state index in [1.807, 2.05) is 13.0 Å². The number of aryl methyl sites for hydroxylation is 1. The van der Waals surface area contributed by atoms with Crippen molar-refractivity contribution in [3.8, 4) is 6.07 Å². The van der Waals surface area contributed by atoms with E-state index < -0.39 is 0 Å². The van der Waals surface area contributed by atoms with Crippen molar-refractivity contribution >= 4 is 5.78 Å². The SMILES string of the molecule is CC(=O)c1cc(C#N)ccc1C. The second-order valence-electron chi connectivity index (χ2n) is 2.70. The molecule has 1 aromatic rings. The number of benzene rings is 1. The Morgan fingerprint density at radius 1 is 1.50 bits per heavy atom. The van der Waals surface area contributed by atoms with Crippen molar-refractivity contribution in [2.45, 2.75) is 13.8 Å². The smallest absolute Gasteiger partial charge is 0.160 e. The lowest BCUT2D eigenvalue weighted by Gasteiger charge is -2.00. The van der Waals surface area contributed by atoms with E-state index in [0.717, 1.165) is 5.56 Å². The quantitative estimate of drug-likeness (QED) is 0.588. The third kappa shape index (κ3) is 1.51. The van der Waals surface area contributed by atoms with Crippen LogP contribution in [0, 0.1) is 18.3 Å². The first kappa shape index (κ1) is 8.48. The fourth-order valence-corrected chi connectivity index (χ4v) is 1.07. The summed E-state index contributed by atoms with van der Waals surface area (Å²) in [6.45, 7) is 3.36. The molecule has 0 radical (unpaired) electrons. The molecule has 0 aromatic heterocycles. The Labute approximate surface area is 71.4 Å². The number of hydrogen-bond donors (Lipinski definition) is 0. The van der Waals surface area contributed by atoms with Crippen LogP contribution in [0.15, 0.2) is 18.2 Å². The van der Waals surface area contributed by atoms with Crippen LogP contribution in [0.2, 0.25) is 0 Å². The summed E-state index contributed by atoms with van der Waals surface area (Å²) in [6, 6.07) is 7.12. The van der Waals surface area contributed by atoms with Gasteiger partial charge < -0.3 is 0 Å². The molecule has 1 rings (SSSR count). The number of ketones is 1. The number of nitrogens with zero attached hydrogens (tertiary/aromatic N) is 1. The molecule has 0 saturated carbocycles. The Hall–Kier alpha value is -1.62. The Morgan fingerprint density at radius 3 is 2.67 bits per heavy atom. The van der Waals surface area contributed by atoms with Gasteiger partial charge in [-0.05, 0) is 31.5 Å². The van der Waals surface area contributed by atoms with Crippen molar-refractivity contribution in [2.75, 3.05) is 0 Å². The second-order valence-corrected chi connectivity index (χ2v) is 2.70. The lowest BCUT2D eigenvalue weighted by atomic mass is 10.0. The van der Waals surface area contributed by atoms with Gasteiger partial charge in [-0.15, -0.1) is 0 Å². The van der Waals surface area contributed by atoms with Gasteiger partial charge in [-0.3, -0.25) is 4.79 Å². The zero-order valence-corrected chi connectivity index (χ0v) is 7.09. The zero-order chi connectivity index (χ0) is 9.14. The van der Waals surface area contributed by atoms with Crippen molar-refractivity contribution in [2.24, 2.45) is 0 Å². The number of carbonyl (C=O) groups excluding carboxylic acids is 1. The van der Waals surface area contributed by atoms with E-state index in [2.05, 4.69) is 0 Å². The zero-order valence-electron chi connectivity index (χ0n) is 7.09. The number of Topliss-reactive ketones (excluding diaryl/α,β-unsaturated/α-hetero) is 1. The van der Waals surface area contributed by atoms with Crippen molar-refractivity contribution in [1.82, 2.24) is 0 Å². The molecule has 0 fully saturated rings. The van der Waals surface area contributed by atoms with Gasteiger partial charge in [0.25, 0.3) is 0 Å². The average Bonchev–Trinajstić information content (AvgIpc) is 2.05. The molecule has 12 heavy (non-hydrogen) atoms. The maximum Gasteiger partial charge on any atom is 0.160 e. The van der Waals surface area contributed by atoms with Gasteiger partial charge in [-0.1, -0.05) is 6.07 Å². The van der Waals surface area contributed by atoms with E-state index in [4.69, 9.17) is 5.26 Å². The normalized spacial score (nSPS) is 9.08. The molecule has 0 aliphatic heterocycles. The first-order valence-electron chi connectivity index (χ1n) is 3.67. The molecular formula is C10H9NO. The van der Waals surface area contributed by atoms with E-state index in [-0.39, 0.29) is 5.78 Å². The van der Waals surface area contributed by atoms with Gasteiger partial charge in [0.05, 0.1) is 11.6 Å². The maximum atomic E-state index is 11.0. The van der Waals surface area contributed by atoms with Crippen LogP contribution in [-0.4, -0.2) is 5.78 Å². The van der Waals surface area contributed by atoms with Crippen LogP contribution in [0.25, 0.3) is 0 Å². The number of hydrogen-bond acceptors (Lipinski definition) is 2. The van der Waals surface area contributed by atoms with E-state index in [1.165, 1.54) is 6.92 Å². The first-order valence-corrected chi connectivity index (χ1v) is 3.67. The predicted octanol–water partition coefficient (Wildman–Crippen LogP) is 2.07. The van der Waals surface area contributed by atoms with Crippen LogP contribution >= 0.6 is 0 Å². The highest BCUT2D eigenvalue weighted by Gasteiger charge is 2.03. The fraction of sp³-hybridized carbons (Fsp3) is 0.200. The lowest BCUT2D eigenvalue weighted by molar-refractivity contribution is 0.101. The summed E-state index contributed by atoms with van der Waals surface area (Å²) < 4.78 is 0. The summed E-state index contributed by atoms with van der Waals surface area (Å²) in [7, 11) is 0. The molecule has 0 aliphatic rings. The highest BCUT2D eigenvalue weighted by Crippen LogP contribution is 2.10. The van der Waals surface area contributed by atoms with Crippen LogP contribution in [0.1, 0.15) is 28.4 Å². The Bertz CT molecular complexity index is 361. The van der Waals surface area contributed by atoms with Crippen LogP contribution < -0.4 is 0 Å². The molecule has 2 nitrogen and oxygen atoms in total. The topological polar surface area (TPSA) is 40.9 Å². The molecule has 0 saturated heterocycles. The summed E-state index contributed by atoms with van der Waals surface area (Å²) in [5.41, 5.74) is 2.08. The molecule has 2 heteroatoms. The number of nitriles is 1. The third-order valence-corrected chi connectivity index (χ3v) is 1.75. The van der Waals surface area contributed by atoms with Gasteiger partial charge >= 0.3 is 0 Å². The number of carbonyl (C=O) groups is 1. The van der Waals surface area contributed by atoms with Crippen molar-refractivity contribution in [3.63, 3.8) is 0 Å². The molecule has 0 spiro atoms. The minimum atomic E-state index is 0.00426. The van der Waals surface area contributed by atoms with Crippen molar-refractivity contribution in [3.05, 3.63) is 34.9 Å². The minimum Gasteiger partial charge on any atom is -0.295 e. The van der Waals surface area contributed by atoms with Gasteiger partial charge in [0, 0.05) is 5.56 Å². The summed E-state index contributed by atoms with van der Waals surface area (Å²) in [5.74, 6) is 0.00426. The average molecular weight is 159 g/mol. The Kier molecular flexibility index (Phi) is 2.25.